The average molecular weight is 281 g/mol. The van der Waals surface area contributed by atoms with E-state index < -0.39 is 0 Å². The molecule has 2 heteroatoms. The zero-order valence-corrected chi connectivity index (χ0v) is 13.3. The maximum Gasteiger partial charge on any atom is 0.198 e. The maximum absolute atomic E-state index is 10.0. The second-order valence-corrected chi connectivity index (χ2v) is 5.66. The van der Waals surface area contributed by atoms with E-state index in [0.29, 0.717) is 6.42 Å². The fraction of sp³-hybridized carbons (Fsp3) is 0.833. The van der Waals surface area contributed by atoms with Crippen LogP contribution in [0.4, 0.5) is 0 Å². The van der Waals surface area contributed by atoms with E-state index in [2.05, 4.69) is 19.1 Å². The van der Waals surface area contributed by atoms with Gasteiger partial charge in [-0.3, -0.25) is 4.79 Å². The molecule has 1 unspecified atom stereocenters. The van der Waals surface area contributed by atoms with Gasteiger partial charge in [0.05, 0.1) is 6.10 Å². The first-order chi connectivity index (χ1) is 9.81. The van der Waals surface area contributed by atoms with Crippen LogP contribution in [0.2, 0.25) is 0 Å². The van der Waals surface area contributed by atoms with E-state index in [-0.39, 0.29) is 6.10 Å². The molecule has 0 aromatic carbocycles. The van der Waals surface area contributed by atoms with Crippen LogP contribution in [0.25, 0.3) is 0 Å². The Hall–Kier alpha value is -0.630. The van der Waals surface area contributed by atoms with E-state index in [9.17, 15) is 9.90 Å². The molecule has 0 aliphatic carbocycles. The molecule has 0 aliphatic heterocycles. The number of aliphatic hydroxyl groups is 1. The predicted molar refractivity (Wildman–Crippen MR) is 86.5 cm³/mol. The third kappa shape index (κ3) is 15.4. The lowest BCUT2D eigenvalue weighted by Crippen LogP contribution is -2.04. The smallest absolute Gasteiger partial charge is 0.198 e. The highest BCUT2D eigenvalue weighted by atomic mass is 16.3. The fourth-order valence-electron chi connectivity index (χ4n) is 2.29. The van der Waals surface area contributed by atoms with Crippen LogP contribution in [0.5, 0.6) is 0 Å². The van der Waals surface area contributed by atoms with Gasteiger partial charge >= 0.3 is 0 Å². The summed E-state index contributed by atoms with van der Waals surface area (Å²) in [4.78, 5) is 10.0. The topological polar surface area (TPSA) is 37.3 Å². The lowest BCUT2D eigenvalue weighted by Gasteiger charge is -2.07. The molecule has 20 heavy (non-hydrogen) atoms. The van der Waals surface area contributed by atoms with Gasteiger partial charge in [-0.2, -0.15) is 0 Å². The van der Waals surface area contributed by atoms with Crippen LogP contribution in [-0.4, -0.2) is 17.5 Å². The number of hydrogen-bond acceptors (Lipinski definition) is 2. The number of carbonyl (C=O) groups excluding carboxylic acids is 1. The van der Waals surface area contributed by atoms with E-state index in [4.69, 9.17) is 0 Å². The largest absolute Gasteiger partial charge is 0.393 e. The van der Waals surface area contributed by atoms with Crippen LogP contribution in [0.3, 0.4) is 0 Å². The van der Waals surface area contributed by atoms with Crippen molar-refractivity contribution in [2.24, 2.45) is 0 Å². The van der Waals surface area contributed by atoms with Crippen molar-refractivity contribution in [3.8, 4) is 0 Å². The standard InChI is InChI=1S/C18H33O2/c1-2-3-4-12-15-18(20)16-13-10-8-6-5-7-9-11-14-17-19/h10,13,18,20H,2-9,11-12,14-16H2,1H3/b13-10-. The van der Waals surface area contributed by atoms with Gasteiger partial charge in [0.1, 0.15) is 0 Å². The van der Waals surface area contributed by atoms with Crippen molar-refractivity contribution in [2.45, 2.75) is 96.5 Å². The molecule has 0 saturated carbocycles. The van der Waals surface area contributed by atoms with E-state index in [0.717, 1.165) is 38.5 Å². The molecule has 0 rings (SSSR count). The number of aliphatic hydroxyl groups excluding tert-OH is 1. The molecule has 2 nitrogen and oxygen atoms in total. The SMILES string of the molecule is CCCCCCC(O)C/C=C\CCCCCCC[C]=O. The molecule has 0 aromatic rings. The Morgan fingerprint density at radius 3 is 2.40 bits per heavy atom. The summed E-state index contributed by atoms with van der Waals surface area (Å²) in [5.74, 6) is 0. The van der Waals surface area contributed by atoms with Gasteiger partial charge in [-0.25, -0.2) is 0 Å². The molecular weight excluding hydrogens is 248 g/mol. The van der Waals surface area contributed by atoms with Crippen molar-refractivity contribution in [1.82, 2.24) is 0 Å². The van der Waals surface area contributed by atoms with E-state index in [1.54, 1.807) is 0 Å². The maximum atomic E-state index is 10.0. The average Bonchev–Trinajstić information content (AvgIpc) is 2.45. The van der Waals surface area contributed by atoms with Crippen molar-refractivity contribution in [3.63, 3.8) is 0 Å². The van der Waals surface area contributed by atoms with E-state index >= 15 is 0 Å². The molecule has 0 aromatic heterocycles. The van der Waals surface area contributed by atoms with Gasteiger partial charge in [0.25, 0.3) is 0 Å². The van der Waals surface area contributed by atoms with Gasteiger partial charge in [0, 0.05) is 6.42 Å². The zero-order chi connectivity index (χ0) is 14.9. The summed E-state index contributed by atoms with van der Waals surface area (Å²) in [6, 6.07) is 0. The molecule has 1 radical (unpaired) electrons. The molecule has 0 amide bonds. The van der Waals surface area contributed by atoms with Gasteiger partial charge in [0.2, 0.25) is 0 Å². The van der Waals surface area contributed by atoms with Gasteiger partial charge in [-0.1, -0.05) is 64.0 Å². The van der Waals surface area contributed by atoms with Crippen molar-refractivity contribution >= 4 is 6.29 Å². The van der Waals surface area contributed by atoms with Gasteiger partial charge in [-0.15, -0.1) is 0 Å². The first kappa shape index (κ1) is 19.4. The van der Waals surface area contributed by atoms with Crippen LogP contribution in [0.1, 0.15) is 90.4 Å². The molecule has 117 valence electrons. The van der Waals surface area contributed by atoms with Crippen molar-refractivity contribution in [3.05, 3.63) is 12.2 Å². The Bertz CT molecular complexity index is 223. The predicted octanol–water partition coefficient (Wildman–Crippen LogP) is 5.10. The molecule has 0 heterocycles. The normalized spacial score (nSPS) is 12.9. The molecule has 0 saturated heterocycles. The quantitative estimate of drug-likeness (QED) is 0.335. The number of hydrogen-bond donors (Lipinski definition) is 1. The Morgan fingerprint density at radius 2 is 1.65 bits per heavy atom. The number of rotatable bonds is 15. The van der Waals surface area contributed by atoms with E-state index in [1.807, 2.05) is 6.29 Å². The van der Waals surface area contributed by atoms with Gasteiger partial charge in [0.15, 0.2) is 6.29 Å². The van der Waals surface area contributed by atoms with Crippen LogP contribution in [0.15, 0.2) is 12.2 Å². The minimum absolute atomic E-state index is 0.150. The molecule has 0 bridgehead atoms. The first-order valence-corrected chi connectivity index (χ1v) is 8.49. The molecule has 1 N–H and O–H groups in total. The van der Waals surface area contributed by atoms with Crippen LogP contribution < -0.4 is 0 Å². The Morgan fingerprint density at radius 1 is 0.950 bits per heavy atom. The summed E-state index contributed by atoms with van der Waals surface area (Å²) in [7, 11) is 0. The van der Waals surface area contributed by atoms with E-state index in [1.165, 1.54) is 38.5 Å². The van der Waals surface area contributed by atoms with Gasteiger partial charge < -0.3 is 5.11 Å². The fourth-order valence-corrected chi connectivity index (χ4v) is 2.29. The lowest BCUT2D eigenvalue weighted by atomic mass is 10.1. The lowest BCUT2D eigenvalue weighted by molar-refractivity contribution is 0.163. The highest BCUT2D eigenvalue weighted by Crippen LogP contribution is 2.10. The highest BCUT2D eigenvalue weighted by molar-refractivity contribution is 5.50. The highest BCUT2D eigenvalue weighted by Gasteiger charge is 2.00. The molecule has 0 fully saturated rings. The number of unbranched alkanes of at least 4 members (excludes halogenated alkanes) is 9. The molecule has 1 atom stereocenters. The minimum Gasteiger partial charge on any atom is -0.393 e. The molecular formula is C18H33O2. The number of allylic oxidation sites excluding steroid dienone is 1. The Labute approximate surface area is 125 Å². The summed E-state index contributed by atoms with van der Waals surface area (Å²) >= 11 is 0. The van der Waals surface area contributed by atoms with Crippen molar-refractivity contribution < 1.29 is 9.90 Å². The third-order valence-corrected chi connectivity index (χ3v) is 3.62. The first-order valence-electron chi connectivity index (χ1n) is 8.49. The second kappa shape index (κ2) is 16.4. The summed E-state index contributed by atoms with van der Waals surface area (Å²) < 4.78 is 0. The Kier molecular flexibility index (Phi) is 15.9. The Balaban J connectivity index is 3.23. The van der Waals surface area contributed by atoms with Crippen molar-refractivity contribution in [2.75, 3.05) is 0 Å². The van der Waals surface area contributed by atoms with Crippen molar-refractivity contribution in [1.29, 1.82) is 0 Å². The van der Waals surface area contributed by atoms with Gasteiger partial charge in [-0.05, 0) is 32.1 Å². The second-order valence-electron chi connectivity index (χ2n) is 5.66. The summed E-state index contributed by atoms with van der Waals surface area (Å²) in [6.07, 6.45) is 20.3. The minimum atomic E-state index is -0.150. The molecule has 0 aliphatic rings. The zero-order valence-electron chi connectivity index (χ0n) is 13.3. The van der Waals surface area contributed by atoms with Crippen LogP contribution in [-0.2, 0) is 4.79 Å². The van der Waals surface area contributed by atoms with Crippen LogP contribution >= 0.6 is 0 Å². The molecule has 0 spiro atoms. The van der Waals surface area contributed by atoms with Crippen LogP contribution in [0, 0.1) is 0 Å². The summed E-state index contributed by atoms with van der Waals surface area (Å²) in [5, 5.41) is 9.79. The summed E-state index contributed by atoms with van der Waals surface area (Å²) in [5.41, 5.74) is 0. The third-order valence-electron chi connectivity index (χ3n) is 3.62. The monoisotopic (exact) mass is 281 g/mol. The summed E-state index contributed by atoms with van der Waals surface area (Å²) in [6.45, 7) is 2.21.